The highest BCUT2D eigenvalue weighted by Gasteiger charge is 2.18. The van der Waals surface area contributed by atoms with Gasteiger partial charge in [-0.2, -0.15) is 0 Å². The van der Waals surface area contributed by atoms with Crippen molar-refractivity contribution in [2.24, 2.45) is 0 Å². The standard InChI is InChI=1S/C13H20N4O2/c1-11-5-7-15-13(12(11)17(18)19)14-6-4-10-16-8-2-3-9-16/h5,7H,2-4,6,8-10H2,1H3,(H,14,15). The number of aryl methyl sites for hydroxylation is 1. The molecule has 2 heterocycles. The molecule has 1 saturated heterocycles. The van der Waals surface area contributed by atoms with Crippen molar-refractivity contribution in [3.8, 4) is 0 Å². The van der Waals surface area contributed by atoms with Gasteiger partial charge in [-0.1, -0.05) is 0 Å². The molecule has 1 fully saturated rings. The van der Waals surface area contributed by atoms with E-state index in [-0.39, 0.29) is 10.6 Å². The summed E-state index contributed by atoms with van der Waals surface area (Å²) in [4.78, 5) is 17.1. The molecule has 0 saturated carbocycles. The largest absolute Gasteiger partial charge is 0.364 e. The molecular formula is C13H20N4O2. The van der Waals surface area contributed by atoms with E-state index in [2.05, 4.69) is 15.2 Å². The second-order valence-corrected chi connectivity index (χ2v) is 4.91. The molecule has 0 radical (unpaired) electrons. The average Bonchev–Trinajstić information content (AvgIpc) is 2.87. The molecule has 104 valence electrons. The second kappa shape index (κ2) is 6.47. The molecule has 6 nitrogen and oxygen atoms in total. The third-order valence-electron chi connectivity index (χ3n) is 3.45. The Morgan fingerprint density at radius 2 is 2.21 bits per heavy atom. The summed E-state index contributed by atoms with van der Waals surface area (Å²) in [7, 11) is 0. The number of hydrogen-bond donors (Lipinski definition) is 1. The molecule has 1 N–H and O–H groups in total. The van der Waals surface area contributed by atoms with Crippen LogP contribution in [0.4, 0.5) is 11.5 Å². The van der Waals surface area contributed by atoms with Crippen molar-refractivity contribution in [1.82, 2.24) is 9.88 Å². The van der Waals surface area contributed by atoms with E-state index < -0.39 is 0 Å². The molecule has 1 aliphatic rings. The molecule has 0 bridgehead atoms. The number of pyridine rings is 1. The maximum absolute atomic E-state index is 11.0. The molecule has 19 heavy (non-hydrogen) atoms. The van der Waals surface area contributed by atoms with Gasteiger partial charge in [-0.25, -0.2) is 4.98 Å². The van der Waals surface area contributed by atoms with E-state index in [1.807, 2.05) is 0 Å². The van der Waals surface area contributed by atoms with E-state index in [4.69, 9.17) is 0 Å². The lowest BCUT2D eigenvalue weighted by atomic mass is 10.2. The molecule has 0 aliphatic carbocycles. The Morgan fingerprint density at radius 3 is 2.89 bits per heavy atom. The van der Waals surface area contributed by atoms with Crippen LogP contribution in [0.2, 0.25) is 0 Å². The van der Waals surface area contributed by atoms with Crippen LogP contribution in [0.25, 0.3) is 0 Å². The SMILES string of the molecule is Cc1ccnc(NCCCN2CCCC2)c1[N+](=O)[O-]. The van der Waals surface area contributed by atoms with E-state index in [9.17, 15) is 10.1 Å². The van der Waals surface area contributed by atoms with Crippen molar-refractivity contribution in [2.45, 2.75) is 26.2 Å². The monoisotopic (exact) mass is 264 g/mol. The Kier molecular flexibility index (Phi) is 4.68. The van der Waals surface area contributed by atoms with E-state index in [1.165, 1.54) is 25.9 Å². The molecule has 0 spiro atoms. The highest BCUT2D eigenvalue weighted by Crippen LogP contribution is 2.25. The van der Waals surface area contributed by atoms with Crippen LogP contribution < -0.4 is 5.32 Å². The fourth-order valence-corrected chi connectivity index (χ4v) is 2.43. The summed E-state index contributed by atoms with van der Waals surface area (Å²) in [6.45, 7) is 5.86. The number of anilines is 1. The fraction of sp³-hybridized carbons (Fsp3) is 0.615. The Labute approximate surface area is 113 Å². The normalized spacial score (nSPS) is 15.6. The van der Waals surface area contributed by atoms with Crippen molar-refractivity contribution in [3.05, 3.63) is 27.9 Å². The summed E-state index contributed by atoms with van der Waals surface area (Å²) in [5, 5.41) is 14.1. The third-order valence-corrected chi connectivity index (χ3v) is 3.45. The number of nitro groups is 1. The lowest BCUT2D eigenvalue weighted by Gasteiger charge is -2.14. The van der Waals surface area contributed by atoms with E-state index >= 15 is 0 Å². The first kappa shape index (κ1) is 13.7. The molecule has 1 aliphatic heterocycles. The highest BCUT2D eigenvalue weighted by atomic mass is 16.6. The topological polar surface area (TPSA) is 71.3 Å². The van der Waals surface area contributed by atoms with Gasteiger partial charge in [-0.3, -0.25) is 10.1 Å². The molecule has 2 rings (SSSR count). The van der Waals surface area contributed by atoms with Crippen LogP contribution >= 0.6 is 0 Å². The van der Waals surface area contributed by atoms with Gasteiger partial charge in [0.2, 0.25) is 5.82 Å². The van der Waals surface area contributed by atoms with Gasteiger partial charge in [-0.15, -0.1) is 0 Å². The van der Waals surface area contributed by atoms with Crippen LogP contribution in [0, 0.1) is 17.0 Å². The number of aromatic nitrogens is 1. The molecular weight excluding hydrogens is 244 g/mol. The van der Waals surface area contributed by atoms with Crippen LogP contribution in [0.5, 0.6) is 0 Å². The summed E-state index contributed by atoms with van der Waals surface area (Å²) in [5.41, 5.74) is 0.728. The maximum Gasteiger partial charge on any atom is 0.314 e. The Bertz CT molecular complexity index is 444. The predicted octanol–water partition coefficient (Wildman–Crippen LogP) is 2.20. The minimum absolute atomic E-state index is 0.0867. The van der Waals surface area contributed by atoms with Gasteiger partial charge in [0.1, 0.15) is 0 Å². The summed E-state index contributed by atoms with van der Waals surface area (Å²) in [6, 6.07) is 1.66. The minimum Gasteiger partial charge on any atom is -0.364 e. The van der Waals surface area contributed by atoms with Gasteiger partial charge in [0.25, 0.3) is 0 Å². The van der Waals surface area contributed by atoms with Crippen molar-refractivity contribution >= 4 is 11.5 Å². The van der Waals surface area contributed by atoms with Crippen molar-refractivity contribution in [3.63, 3.8) is 0 Å². The van der Waals surface area contributed by atoms with E-state index in [0.29, 0.717) is 17.9 Å². The van der Waals surface area contributed by atoms with Crippen LogP contribution in [0.1, 0.15) is 24.8 Å². The summed E-state index contributed by atoms with van der Waals surface area (Å²) < 4.78 is 0. The van der Waals surface area contributed by atoms with E-state index in [0.717, 1.165) is 13.0 Å². The summed E-state index contributed by atoms with van der Waals surface area (Å²) in [6.07, 6.45) is 5.16. The van der Waals surface area contributed by atoms with Crippen LogP contribution in [0.3, 0.4) is 0 Å². The van der Waals surface area contributed by atoms with Gasteiger partial charge >= 0.3 is 5.69 Å². The molecule has 0 atom stereocenters. The smallest absolute Gasteiger partial charge is 0.314 e. The minimum atomic E-state index is -0.370. The Morgan fingerprint density at radius 1 is 1.47 bits per heavy atom. The lowest BCUT2D eigenvalue weighted by molar-refractivity contribution is -0.384. The predicted molar refractivity (Wildman–Crippen MR) is 74.4 cm³/mol. The van der Waals surface area contributed by atoms with E-state index in [1.54, 1.807) is 19.2 Å². The lowest BCUT2D eigenvalue weighted by Crippen LogP contribution is -2.22. The number of hydrogen-bond acceptors (Lipinski definition) is 5. The van der Waals surface area contributed by atoms with Crippen LogP contribution in [0.15, 0.2) is 12.3 Å². The van der Waals surface area contributed by atoms with Crippen molar-refractivity contribution in [2.75, 3.05) is 31.5 Å². The molecule has 0 aromatic carbocycles. The van der Waals surface area contributed by atoms with Gasteiger partial charge in [-0.05, 0) is 51.9 Å². The van der Waals surface area contributed by atoms with Gasteiger partial charge < -0.3 is 10.2 Å². The van der Waals surface area contributed by atoms with Gasteiger partial charge in [0, 0.05) is 18.3 Å². The molecule has 0 unspecified atom stereocenters. The zero-order chi connectivity index (χ0) is 13.7. The van der Waals surface area contributed by atoms with Gasteiger partial charge in [0.15, 0.2) is 0 Å². The highest BCUT2D eigenvalue weighted by molar-refractivity contribution is 5.59. The fourth-order valence-electron chi connectivity index (χ4n) is 2.43. The average molecular weight is 264 g/mol. The Balaban J connectivity index is 1.85. The first-order valence-corrected chi connectivity index (χ1v) is 6.74. The number of nitrogens with one attached hydrogen (secondary N) is 1. The van der Waals surface area contributed by atoms with Gasteiger partial charge in [0.05, 0.1) is 4.92 Å². The maximum atomic E-state index is 11.0. The number of nitrogens with zero attached hydrogens (tertiary/aromatic N) is 3. The van der Waals surface area contributed by atoms with Crippen LogP contribution in [-0.2, 0) is 0 Å². The summed E-state index contributed by atoms with van der Waals surface area (Å²) in [5.74, 6) is 0.381. The second-order valence-electron chi connectivity index (χ2n) is 4.91. The Hall–Kier alpha value is -1.69. The third kappa shape index (κ3) is 3.64. The van der Waals surface area contributed by atoms with Crippen LogP contribution in [-0.4, -0.2) is 41.0 Å². The zero-order valence-electron chi connectivity index (χ0n) is 11.3. The first-order chi connectivity index (χ1) is 9.18. The first-order valence-electron chi connectivity index (χ1n) is 6.74. The molecule has 0 amide bonds. The number of rotatable bonds is 6. The number of likely N-dealkylation sites (tertiary alicyclic amines) is 1. The quantitative estimate of drug-likeness (QED) is 0.484. The van der Waals surface area contributed by atoms with Crippen molar-refractivity contribution in [1.29, 1.82) is 0 Å². The molecule has 6 heteroatoms. The molecule has 1 aromatic rings. The molecule has 1 aromatic heterocycles. The zero-order valence-corrected chi connectivity index (χ0v) is 11.3. The summed E-state index contributed by atoms with van der Waals surface area (Å²) >= 11 is 0. The van der Waals surface area contributed by atoms with Crippen molar-refractivity contribution < 1.29 is 4.92 Å².